The van der Waals surface area contributed by atoms with E-state index in [1.54, 1.807) is 18.2 Å². The van der Waals surface area contributed by atoms with Crippen LogP contribution < -0.4 is 10.0 Å². The van der Waals surface area contributed by atoms with Crippen LogP contribution in [0.15, 0.2) is 41.3 Å². The fraction of sp³-hybridized carbons (Fsp3) is 0.471. The minimum atomic E-state index is -3.85. The van der Waals surface area contributed by atoms with E-state index in [0.29, 0.717) is 12.2 Å². The van der Waals surface area contributed by atoms with Crippen molar-refractivity contribution in [2.45, 2.75) is 38.0 Å². The quantitative estimate of drug-likeness (QED) is 0.716. The van der Waals surface area contributed by atoms with E-state index in [9.17, 15) is 13.2 Å². The van der Waals surface area contributed by atoms with E-state index in [0.717, 1.165) is 19.3 Å². The maximum atomic E-state index is 12.4. The van der Waals surface area contributed by atoms with E-state index in [1.807, 2.05) is 13.0 Å². The Labute approximate surface area is 138 Å². The lowest BCUT2D eigenvalue weighted by atomic mass is 10.2. The van der Waals surface area contributed by atoms with Crippen molar-refractivity contribution >= 4 is 21.6 Å². The normalized spacial score (nSPS) is 20.4. The van der Waals surface area contributed by atoms with E-state index in [-0.39, 0.29) is 16.7 Å². The monoisotopic (exact) mass is 336 g/mol. The molecule has 0 heterocycles. The number of unbranched alkanes of at least 4 members (excludes halogenated alkanes) is 1. The zero-order valence-corrected chi connectivity index (χ0v) is 14.4. The Morgan fingerprint density at radius 3 is 2.74 bits per heavy atom. The second kappa shape index (κ2) is 7.64. The Balaban J connectivity index is 2.04. The number of carbonyl (C=O) groups excluding carboxylic acids is 1. The third-order valence-corrected chi connectivity index (χ3v) is 5.20. The Kier molecular flexibility index (Phi) is 5.82. The predicted octanol–water partition coefficient (Wildman–Crippen LogP) is 2.92. The number of hydrogen-bond acceptors (Lipinski definition) is 4. The summed E-state index contributed by atoms with van der Waals surface area (Å²) in [6.07, 6.45) is 6.85. The topological polar surface area (TPSA) is 75.3 Å². The standard InChI is InChI=1S/C17H24N2O3S/c1-3-5-6-9-13-12-14(13)17(20)19-23(21,22)16-11-8-7-10-15(16)18-4-2/h6-11,13-14,18H,3-5,12H2,1-2H3,(H,19,20)/b9-6-/t13-,14?/m1/s1. The van der Waals surface area contributed by atoms with Gasteiger partial charge in [0.1, 0.15) is 4.90 Å². The first-order valence-corrected chi connectivity index (χ1v) is 9.54. The van der Waals surface area contributed by atoms with Crippen molar-refractivity contribution in [2.24, 2.45) is 11.8 Å². The van der Waals surface area contributed by atoms with Crippen LogP contribution in [0.2, 0.25) is 0 Å². The Bertz CT molecular complexity index is 683. The van der Waals surface area contributed by atoms with Crippen molar-refractivity contribution in [2.75, 3.05) is 11.9 Å². The third-order valence-electron chi connectivity index (χ3n) is 3.79. The smallest absolute Gasteiger partial charge is 0.266 e. The molecule has 2 N–H and O–H groups in total. The van der Waals surface area contributed by atoms with Gasteiger partial charge in [-0.25, -0.2) is 13.1 Å². The van der Waals surface area contributed by atoms with Crippen LogP contribution in [-0.4, -0.2) is 20.9 Å². The summed E-state index contributed by atoms with van der Waals surface area (Å²) in [7, 11) is -3.85. The number of allylic oxidation sites excluding steroid dienone is 2. The molecule has 1 saturated carbocycles. The van der Waals surface area contributed by atoms with Gasteiger partial charge in [-0.1, -0.05) is 37.6 Å². The molecule has 0 spiro atoms. The minimum Gasteiger partial charge on any atom is -0.384 e. The number of nitrogens with one attached hydrogen (secondary N) is 2. The summed E-state index contributed by atoms with van der Waals surface area (Å²) < 4.78 is 27.1. The van der Waals surface area contributed by atoms with Crippen molar-refractivity contribution in [1.29, 1.82) is 0 Å². The van der Waals surface area contributed by atoms with Gasteiger partial charge in [0.2, 0.25) is 5.91 Å². The van der Waals surface area contributed by atoms with Crippen LogP contribution in [0, 0.1) is 11.8 Å². The molecule has 6 heteroatoms. The first kappa shape index (κ1) is 17.5. The van der Waals surface area contributed by atoms with Gasteiger partial charge in [-0.2, -0.15) is 0 Å². The van der Waals surface area contributed by atoms with Crippen LogP contribution in [0.1, 0.15) is 33.1 Å². The number of anilines is 1. The summed E-state index contributed by atoms with van der Waals surface area (Å²) >= 11 is 0. The molecule has 2 rings (SSSR count). The van der Waals surface area contributed by atoms with E-state index in [4.69, 9.17) is 0 Å². The summed E-state index contributed by atoms with van der Waals surface area (Å²) in [5.74, 6) is -0.479. The van der Waals surface area contributed by atoms with Crippen molar-refractivity contribution < 1.29 is 13.2 Å². The molecule has 1 fully saturated rings. The summed E-state index contributed by atoms with van der Waals surface area (Å²) in [6.45, 7) is 4.59. The van der Waals surface area contributed by atoms with Gasteiger partial charge < -0.3 is 5.32 Å². The van der Waals surface area contributed by atoms with Crippen molar-refractivity contribution in [1.82, 2.24) is 4.72 Å². The molecule has 126 valence electrons. The van der Waals surface area contributed by atoms with Gasteiger partial charge in [0, 0.05) is 12.5 Å². The fourth-order valence-corrected chi connectivity index (χ4v) is 3.68. The molecule has 0 aromatic heterocycles. The van der Waals surface area contributed by atoms with Crippen LogP contribution in [0.3, 0.4) is 0 Å². The second-order valence-electron chi connectivity index (χ2n) is 5.72. The third kappa shape index (κ3) is 4.58. The largest absolute Gasteiger partial charge is 0.384 e. The molecule has 5 nitrogen and oxygen atoms in total. The van der Waals surface area contributed by atoms with Crippen molar-refractivity contribution in [3.8, 4) is 0 Å². The lowest BCUT2D eigenvalue weighted by Gasteiger charge is -2.12. The number of carbonyl (C=O) groups is 1. The molecule has 0 bridgehead atoms. The molecule has 1 aromatic carbocycles. The number of amides is 1. The lowest BCUT2D eigenvalue weighted by Crippen LogP contribution is -2.32. The molecular formula is C17H24N2O3S. The number of rotatable bonds is 8. The molecule has 1 aliphatic carbocycles. The van der Waals surface area contributed by atoms with Gasteiger partial charge in [-0.3, -0.25) is 4.79 Å². The molecule has 2 atom stereocenters. The summed E-state index contributed by atoms with van der Waals surface area (Å²) in [5.41, 5.74) is 0.505. The average molecular weight is 336 g/mol. The molecule has 23 heavy (non-hydrogen) atoms. The molecule has 0 aliphatic heterocycles. The molecule has 0 saturated heterocycles. The van der Waals surface area contributed by atoms with Crippen molar-refractivity contribution in [3.63, 3.8) is 0 Å². The molecule has 1 amide bonds. The summed E-state index contributed by atoms with van der Waals surface area (Å²) in [5, 5.41) is 3.00. The number of sulfonamides is 1. The van der Waals surface area contributed by atoms with Gasteiger partial charge in [0.05, 0.1) is 5.69 Å². The molecule has 1 aromatic rings. The SMILES string of the molecule is CCC/C=C\[C@@H]1CC1C(=O)NS(=O)(=O)c1ccccc1NCC. The highest BCUT2D eigenvalue weighted by molar-refractivity contribution is 7.90. The van der Waals surface area contributed by atoms with Crippen LogP contribution >= 0.6 is 0 Å². The van der Waals surface area contributed by atoms with E-state index in [1.165, 1.54) is 6.07 Å². The van der Waals surface area contributed by atoms with E-state index < -0.39 is 15.9 Å². The summed E-state index contributed by atoms with van der Waals surface area (Å²) in [4.78, 5) is 12.3. The second-order valence-corrected chi connectivity index (χ2v) is 7.37. The Hall–Kier alpha value is -1.82. The van der Waals surface area contributed by atoms with Crippen LogP contribution in [0.4, 0.5) is 5.69 Å². The van der Waals surface area contributed by atoms with Crippen LogP contribution in [-0.2, 0) is 14.8 Å². The van der Waals surface area contributed by atoms with Crippen LogP contribution in [0.25, 0.3) is 0 Å². The zero-order chi connectivity index (χ0) is 16.9. The maximum absolute atomic E-state index is 12.4. The number of hydrogen-bond donors (Lipinski definition) is 2. The average Bonchev–Trinajstić information content (AvgIpc) is 3.28. The number of para-hydroxylation sites is 1. The lowest BCUT2D eigenvalue weighted by molar-refractivity contribution is -0.120. The first-order valence-electron chi connectivity index (χ1n) is 8.05. The van der Waals surface area contributed by atoms with Gasteiger partial charge in [0.15, 0.2) is 0 Å². The van der Waals surface area contributed by atoms with Crippen molar-refractivity contribution in [3.05, 3.63) is 36.4 Å². The first-order chi connectivity index (χ1) is 11.0. The van der Waals surface area contributed by atoms with Gasteiger partial charge >= 0.3 is 0 Å². The molecular weight excluding hydrogens is 312 g/mol. The van der Waals surface area contributed by atoms with E-state index >= 15 is 0 Å². The maximum Gasteiger partial charge on any atom is 0.266 e. The van der Waals surface area contributed by atoms with E-state index in [2.05, 4.69) is 23.0 Å². The molecule has 0 radical (unpaired) electrons. The van der Waals surface area contributed by atoms with Crippen LogP contribution in [0.5, 0.6) is 0 Å². The highest BCUT2D eigenvalue weighted by Crippen LogP contribution is 2.40. The van der Waals surface area contributed by atoms with Gasteiger partial charge in [-0.15, -0.1) is 0 Å². The number of benzene rings is 1. The highest BCUT2D eigenvalue weighted by atomic mass is 32.2. The molecule has 1 aliphatic rings. The van der Waals surface area contributed by atoms with Gasteiger partial charge in [-0.05, 0) is 37.8 Å². The summed E-state index contributed by atoms with van der Waals surface area (Å²) in [6, 6.07) is 6.59. The Morgan fingerprint density at radius 1 is 1.30 bits per heavy atom. The minimum absolute atomic E-state index is 0.105. The van der Waals surface area contributed by atoms with Gasteiger partial charge in [0.25, 0.3) is 10.0 Å². The predicted molar refractivity (Wildman–Crippen MR) is 91.6 cm³/mol. The zero-order valence-electron chi connectivity index (χ0n) is 13.6. The highest BCUT2D eigenvalue weighted by Gasteiger charge is 2.42. The Morgan fingerprint density at radius 2 is 2.04 bits per heavy atom. The molecule has 1 unspecified atom stereocenters. The fourth-order valence-electron chi connectivity index (χ4n) is 2.47.